The number of β-amino-alcohol motifs (C(OH)–C–C–N with tert-alkyl or cyclic N) is 1. The lowest BCUT2D eigenvalue weighted by atomic mass is 9.54. The maximum Gasteiger partial charge on any atom is 0.0900 e. The normalized spacial score (nSPS) is 43.6. The number of likely N-dealkylation sites (tertiary alicyclic amines) is 1. The molecule has 1 N–H and O–H groups in total. The number of aliphatic hydroxyl groups excluding tert-OH is 1. The van der Waals surface area contributed by atoms with E-state index in [-0.39, 0.29) is 11.7 Å². The molecule has 1 heterocycles. The Kier molecular flexibility index (Phi) is 4.25. The highest BCUT2D eigenvalue weighted by atomic mass is 16.5. The summed E-state index contributed by atoms with van der Waals surface area (Å²) in [6, 6.07) is 0. The van der Waals surface area contributed by atoms with Gasteiger partial charge in [-0.25, -0.2) is 0 Å². The van der Waals surface area contributed by atoms with E-state index in [1.807, 2.05) is 0 Å². The number of piperidine rings is 1. The van der Waals surface area contributed by atoms with Gasteiger partial charge in [-0.3, -0.25) is 0 Å². The minimum atomic E-state index is -0.304. The van der Waals surface area contributed by atoms with Crippen molar-refractivity contribution >= 4 is 0 Å². The Morgan fingerprint density at radius 1 is 1.05 bits per heavy atom. The summed E-state index contributed by atoms with van der Waals surface area (Å²) in [4.78, 5) is 2.42. The van der Waals surface area contributed by atoms with E-state index in [2.05, 4.69) is 11.8 Å². The molecule has 0 aromatic carbocycles. The molecule has 1 atom stereocenters. The van der Waals surface area contributed by atoms with Crippen LogP contribution >= 0.6 is 0 Å². The molecule has 0 unspecified atom stereocenters. The van der Waals surface area contributed by atoms with Crippen molar-refractivity contribution in [3.63, 3.8) is 0 Å². The van der Waals surface area contributed by atoms with E-state index in [4.69, 9.17) is 4.74 Å². The summed E-state index contributed by atoms with van der Waals surface area (Å²) in [5, 5.41) is 10.4. The van der Waals surface area contributed by atoms with Gasteiger partial charge in [-0.15, -0.1) is 0 Å². The van der Waals surface area contributed by atoms with Crippen molar-refractivity contribution in [1.29, 1.82) is 0 Å². The maximum atomic E-state index is 10.4. The van der Waals surface area contributed by atoms with Gasteiger partial charge in [0.05, 0.1) is 18.3 Å². The van der Waals surface area contributed by atoms with Crippen molar-refractivity contribution in [1.82, 2.24) is 4.90 Å². The molecule has 1 aliphatic heterocycles. The molecule has 0 aromatic heterocycles. The van der Waals surface area contributed by atoms with Crippen LogP contribution in [0.5, 0.6) is 0 Å². The monoisotopic (exact) mass is 307 g/mol. The molecule has 3 nitrogen and oxygen atoms in total. The highest BCUT2D eigenvalue weighted by Crippen LogP contribution is 2.57. The SMILES string of the molecule is CC1CCN(C[C@H](O)COC23CC4CC(CC(C4)C2)C3)CC1. The smallest absolute Gasteiger partial charge is 0.0900 e. The van der Waals surface area contributed by atoms with Crippen molar-refractivity contribution in [3.05, 3.63) is 0 Å². The summed E-state index contributed by atoms with van der Waals surface area (Å²) in [5.41, 5.74) is 0.145. The van der Waals surface area contributed by atoms with E-state index in [9.17, 15) is 5.11 Å². The molecule has 22 heavy (non-hydrogen) atoms. The average molecular weight is 307 g/mol. The lowest BCUT2D eigenvalue weighted by Gasteiger charge is -2.56. The third kappa shape index (κ3) is 3.22. The zero-order valence-electron chi connectivity index (χ0n) is 14.2. The van der Waals surface area contributed by atoms with Crippen LogP contribution in [-0.2, 0) is 4.74 Å². The third-order valence-corrected chi connectivity index (χ3v) is 6.91. The van der Waals surface area contributed by atoms with Crippen LogP contribution in [0, 0.1) is 23.7 Å². The van der Waals surface area contributed by atoms with Crippen LogP contribution in [0.15, 0.2) is 0 Å². The topological polar surface area (TPSA) is 32.7 Å². The van der Waals surface area contributed by atoms with Crippen molar-refractivity contribution in [2.75, 3.05) is 26.2 Å². The first-order valence-electron chi connectivity index (χ1n) is 9.64. The Labute approximate surface area is 135 Å². The lowest BCUT2D eigenvalue weighted by molar-refractivity contribution is -0.176. The fourth-order valence-corrected chi connectivity index (χ4v) is 6.08. The van der Waals surface area contributed by atoms with Gasteiger partial charge in [-0.2, -0.15) is 0 Å². The van der Waals surface area contributed by atoms with Crippen molar-refractivity contribution in [2.45, 2.75) is 70.0 Å². The van der Waals surface area contributed by atoms with E-state index in [0.717, 1.165) is 43.3 Å². The molecule has 126 valence electrons. The van der Waals surface area contributed by atoms with Crippen LogP contribution in [0.25, 0.3) is 0 Å². The van der Waals surface area contributed by atoms with Gasteiger partial charge in [0.1, 0.15) is 0 Å². The molecule has 5 fully saturated rings. The molecule has 1 saturated heterocycles. The largest absolute Gasteiger partial charge is 0.389 e. The predicted octanol–water partition coefficient (Wildman–Crippen LogP) is 3.06. The fraction of sp³-hybridized carbons (Fsp3) is 1.00. The third-order valence-electron chi connectivity index (χ3n) is 6.91. The second kappa shape index (κ2) is 6.07. The van der Waals surface area contributed by atoms with Gasteiger partial charge in [-0.05, 0) is 88.1 Å². The zero-order chi connectivity index (χ0) is 15.2. The molecule has 3 heteroatoms. The van der Waals surface area contributed by atoms with Gasteiger partial charge in [0.2, 0.25) is 0 Å². The first-order valence-corrected chi connectivity index (χ1v) is 9.64. The minimum absolute atomic E-state index is 0.145. The summed E-state index contributed by atoms with van der Waals surface area (Å²) >= 11 is 0. The van der Waals surface area contributed by atoms with Crippen LogP contribution in [0.3, 0.4) is 0 Å². The molecule has 5 rings (SSSR count). The number of ether oxygens (including phenoxy) is 1. The van der Waals surface area contributed by atoms with Crippen LogP contribution in [0.2, 0.25) is 0 Å². The fourth-order valence-electron chi connectivity index (χ4n) is 6.08. The van der Waals surface area contributed by atoms with Crippen LogP contribution in [0.4, 0.5) is 0 Å². The van der Waals surface area contributed by atoms with E-state index >= 15 is 0 Å². The first kappa shape index (κ1) is 15.4. The number of nitrogens with zero attached hydrogens (tertiary/aromatic N) is 1. The molecule has 0 aromatic rings. The van der Waals surface area contributed by atoms with Crippen LogP contribution < -0.4 is 0 Å². The van der Waals surface area contributed by atoms with Crippen molar-refractivity contribution in [3.8, 4) is 0 Å². The predicted molar refractivity (Wildman–Crippen MR) is 87.7 cm³/mol. The Bertz CT molecular complexity index is 354. The first-order chi connectivity index (χ1) is 10.6. The van der Waals surface area contributed by atoms with Crippen LogP contribution in [-0.4, -0.2) is 48.0 Å². The Hall–Kier alpha value is -0.120. The van der Waals surface area contributed by atoms with E-state index in [0.29, 0.717) is 6.61 Å². The lowest BCUT2D eigenvalue weighted by Crippen LogP contribution is -2.53. The Balaban J connectivity index is 1.26. The highest BCUT2D eigenvalue weighted by molar-refractivity contribution is 5.03. The molecular formula is C19H33NO2. The van der Waals surface area contributed by atoms with Gasteiger partial charge in [0, 0.05) is 6.54 Å². The summed E-state index contributed by atoms with van der Waals surface area (Å²) in [7, 11) is 0. The second-order valence-corrected chi connectivity index (χ2v) is 9.05. The molecule has 4 aliphatic carbocycles. The average Bonchev–Trinajstić information content (AvgIpc) is 2.46. The standard InChI is InChI=1S/C19H33NO2/c1-14-2-4-20(5-3-14)12-18(21)13-22-19-9-15-6-16(10-19)8-17(7-15)11-19/h14-18,21H,2-13H2,1H3/t15?,16?,17?,18-,19?/m0/s1. The zero-order valence-corrected chi connectivity index (χ0v) is 14.2. The van der Waals surface area contributed by atoms with Crippen molar-refractivity contribution < 1.29 is 9.84 Å². The molecule has 5 aliphatic rings. The Morgan fingerprint density at radius 3 is 2.14 bits per heavy atom. The molecule has 4 saturated carbocycles. The Morgan fingerprint density at radius 2 is 1.59 bits per heavy atom. The van der Waals surface area contributed by atoms with Gasteiger partial charge in [-0.1, -0.05) is 6.92 Å². The number of hydrogen-bond donors (Lipinski definition) is 1. The van der Waals surface area contributed by atoms with Crippen LogP contribution in [0.1, 0.15) is 58.3 Å². The number of aliphatic hydroxyl groups is 1. The van der Waals surface area contributed by atoms with Gasteiger partial charge >= 0.3 is 0 Å². The quantitative estimate of drug-likeness (QED) is 0.847. The molecule has 4 bridgehead atoms. The van der Waals surface area contributed by atoms with Crippen molar-refractivity contribution in [2.24, 2.45) is 23.7 Å². The highest BCUT2D eigenvalue weighted by Gasteiger charge is 2.51. The van der Waals surface area contributed by atoms with Gasteiger partial charge in [0.25, 0.3) is 0 Å². The molecular weight excluding hydrogens is 274 g/mol. The van der Waals surface area contributed by atoms with E-state index in [1.165, 1.54) is 51.4 Å². The summed E-state index contributed by atoms with van der Waals surface area (Å²) in [6.07, 6.45) is 10.4. The maximum absolute atomic E-state index is 10.4. The number of rotatable bonds is 5. The van der Waals surface area contributed by atoms with Gasteiger partial charge < -0.3 is 14.7 Å². The molecule has 0 spiro atoms. The van der Waals surface area contributed by atoms with E-state index in [1.54, 1.807) is 0 Å². The summed E-state index contributed by atoms with van der Waals surface area (Å²) in [5.74, 6) is 3.63. The summed E-state index contributed by atoms with van der Waals surface area (Å²) in [6.45, 7) is 5.99. The molecule has 0 radical (unpaired) electrons. The second-order valence-electron chi connectivity index (χ2n) is 9.05. The van der Waals surface area contributed by atoms with E-state index < -0.39 is 0 Å². The van der Waals surface area contributed by atoms with Gasteiger partial charge in [0.15, 0.2) is 0 Å². The minimum Gasteiger partial charge on any atom is -0.389 e. The summed E-state index contributed by atoms with van der Waals surface area (Å²) < 4.78 is 6.39. The molecule has 0 amide bonds. The number of hydrogen-bond acceptors (Lipinski definition) is 3.